The van der Waals surface area contributed by atoms with E-state index in [-0.39, 0.29) is 15.8 Å². The van der Waals surface area contributed by atoms with Gasteiger partial charge in [0.05, 0.1) is 10.0 Å². The van der Waals surface area contributed by atoms with Gasteiger partial charge in [-0.25, -0.2) is 0 Å². The van der Waals surface area contributed by atoms with Crippen molar-refractivity contribution in [2.75, 3.05) is 0 Å². The highest BCUT2D eigenvalue weighted by Crippen LogP contribution is 2.37. The van der Waals surface area contributed by atoms with Gasteiger partial charge in [-0.3, -0.25) is 0 Å². The van der Waals surface area contributed by atoms with Gasteiger partial charge in [0.15, 0.2) is 5.75 Å². The van der Waals surface area contributed by atoms with E-state index >= 15 is 0 Å². The van der Waals surface area contributed by atoms with E-state index in [2.05, 4.69) is 0 Å². The summed E-state index contributed by atoms with van der Waals surface area (Å²) in [6.45, 7) is 0. The number of phenols is 1. The van der Waals surface area contributed by atoms with Crippen LogP contribution in [0.4, 0.5) is 0 Å². The van der Waals surface area contributed by atoms with E-state index in [9.17, 15) is 5.11 Å². The zero-order valence-corrected chi connectivity index (χ0v) is 10.7. The Balaban J connectivity index is 2.31. The first-order chi connectivity index (χ1) is 8.06. The molecule has 0 aliphatic rings. The number of benzene rings is 2. The maximum Gasteiger partial charge on any atom is 0.153 e. The molecule has 2 rings (SSSR count). The Bertz CT molecular complexity index is 532. The van der Waals surface area contributed by atoms with Crippen molar-refractivity contribution < 1.29 is 9.84 Å². The van der Waals surface area contributed by atoms with Crippen LogP contribution in [0.5, 0.6) is 17.2 Å². The molecule has 0 unspecified atom stereocenters. The van der Waals surface area contributed by atoms with Crippen molar-refractivity contribution in [3.63, 3.8) is 0 Å². The largest absolute Gasteiger partial charge is 0.505 e. The first kappa shape index (κ1) is 12.4. The molecule has 0 saturated carbocycles. The average Bonchev–Trinajstić information content (AvgIpc) is 2.26. The number of halogens is 3. The van der Waals surface area contributed by atoms with Gasteiger partial charge in [-0.05, 0) is 18.2 Å². The Morgan fingerprint density at radius 2 is 1.53 bits per heavy atom. The van der Waals surface area contributed by atoms with Crippen molar-refractivity contribution in [1.29, 1.82) is 0 Å². The van der Waals surface area contributed by atoms with Crippen LogP contribution in [0.3, 0.4) is 0 Å². The second-order valence-electron chi connectivity index (χ2n) is 3.29. The summed E-state index contributed by atoms with van der Waals surface area (Å²) in [7, 11) is 0. The third kappa shape index (κ3) is 2.97. The lowest BCUT2D eigenvalue weighted by Gasteiger charge is -2.08. The summed E-state index contributed by atoms with van der Waals surface area (Å²) in [5.74, 6) is 0.835. The van der Waals surface area contributed by atoms with E-state index in [4.69, 9.17) is 39.5 Å². The van der Waals surface area contributed by atoms with Crippen LogP contribution in [0.25, 0.3) is 0 Å². The fourth-order valence-electron chi connectivity index (χ4n) is 1.27. The van der Waals surface area contributed by atoms with Crippen LogP contribution in [0.15, 0.2) is 36.4 Å². The smallest absolute Gasteiger partial charge is 0.153 e. The third-order valence-electron chi connectivity index (χ3n) is 2.02. The molecule has 2 aromatic rings. The van der Waals surface area contributed by atoms with E-state index in [1.54, 1.807) is 24.3 Å². The minimum Gasteiger partial charge on any atom is -0.505 e. The molecule has 0 amide bonds. The van der Waals surface area contributed by atoms with E-state index in [1.165, 1.54) is 12.1 Å². The Labute approximate surface area is 113 Å². The van der Waals surface area contributed by atoms with Crippen LogP contribution in [0, 0.1) is 0 Å². The number of aromatic hydroxyl groups is 1. The highest BCUT2D eigenvalue weighted by Gasteiger charge is 2.08. The maximum atomic E-state index is 9.40. The van der Waals surface area contributed by atoms with Crippen molar-refractivity contribution in [2.24, 2.45) is 0 Å². The molecule has 5 heteroatoms. The summed E-state index contributed by atoms with van der Waals surface area (Å²) >= 11 is 17.4. The molecular weight excluding hydrogens is 282 g/mol. The molecule has 0 saturated heterocycles. The van der Waals surface area contributed by atoms with Crippen molar-refractivity contribution in [3.05, 3.63) is 51.5 Å². The summed E-state index contributed by atoms with van der Waals surface area (Å²) in [5, 5.41) is 10.2. The van der Waals surface area contributed by atoms with Gasteiger partial charge in [-0.2, -0.15) is 0 Å². The fraction of sp³-hybridized carbons (Fsp3) is 0. The second-order valence-corrected chi connectivity index (χ2v) is 4.55. The third-order valence-corrected chi connectivity index (χ3v) is 2.83. The Morgan fingerprint density at radius 1 is 0.882 bits per heavy atom. The van der Waals surface area contributed by atoms with Gasteiger partial charge >= 0.3 is 0 Å². The van der Waals surface area contributed by atoms with Gasteiger partial charge in [0, 0.05) is 17.2 Å². The minimum absolute atomic E-state index is 0.134. The van der Waals surface area contributed by atoms with E-state index in [0.29, 0.717) is 16.5 Å². The summed E-state index contributed by atoms with van der Waals surface area (Å²) in [4.78, 5) is 0. The highest BCUT2D eigenvalue weighted by atomic mass is 35.5. The Kier molecular flexibility index (Phi) is 3.67. The quantitative estimate of drug-likeness (QED) is 0.829. The molecule has 0 radical (unpaired) electrons. The molecule has 17 heavy (non-hydrogen) atoms. The van der Waals surface area contributed by atoms with E-state index in [1.807, 2.05) is 0 Å². The molecular formula is C12H7Cl3O2. The molecule has 0 aromatic heterocycles. The van der Waals surface area contributed by atoms with Crippen LogP contribution in [-0.4, -0.2) is 5.11 Å². The van der Waals surface area contributed by atoms with Gasteiger partial charge in [0.1, 0.15) is 11.5 Å². The van der Waals surface area contributed by atoms with Crippen LogP contribution < -0.4 is 4.74 Å². The molecule has 2 nitrogen and oxygen atoms in total. The van der Waals surface area contributed by atoms with Crippen molar-refractivity contribution >= 4 is 34.8 Å². The zero-order valence-electron chi connectivity index (χ0n) is 8.45. The molecule has 88 valence electrons. The van der Waals surface area contributed by atoms with Gasteiger partial charge in [-0.15, -0.1) is 0 Å². The monoisotopic (exact) mass is 288 g/mol. The van der Waals surface area contributed by atoms with Crippen LogP contribution in [-0.2, 0) is 0 Å². The minimum atomic E-state index is -0.160. The Morgan fingerprint density at radius 3 is 2.12 bits per heavy atom. The SMILES string of the molecule is Oc1c(Cl)cc(Oc2cccc(Cl)c2)cc1Cl. The predicted molar refractivity (Wildman–Crippen MR) is 69.7 cm³/mol. The standard InChI is InChI=1S/C12H7Cl3O2/c13-7-2-1-3-8(4-7)17-9-5-10(14)12(16)11(15)6-9/h1-6,16H. The highest BCUT2D eigenvalue weighted by molar-refractivity contribution is 6.37. The predicted octanol–water partition coefficient (Wildman–Crippen LogP) is 5.14. The molecule has 1 N–H and O–H groups in total. The zero-order chi connectivity index (χ0) is 12.4. The molecule has 2 aromatic carbocycles. The normalized spacial score (nSPS) is 10.3. The van der Waals surface area contributed by atoms with Crippen LogP contribution in [0.2, 0.25) is 15.1 Å². The van der Waals surface area contributed by atoms with Gasteiger partial charge in [0.25, 0.3) is 0 Å². The maximum absolute atomic E-state index is 9.40. The molecule has 0 spiro atoms. The summed E-state index contributed by atoms with van der Waals surface area (Å²) in [6.07, 6.45) is 0. The number of rotatable bonds is 2. The van der Waals surface area contributed by atoms with Crippen LogP contribution >= 0.6 is 34.8 Å². The molecule has 0 heterocycles. The summed E-state index contributed by atoms with van der Waals surface area (Å²) in [6, 6.07) is 9.87. The lowest BCUT2D eigenvalue weighted by atomic mass is 10.3. The van der Waals surface area contributed by atoms with Crippen molar-refractivity contribution in [3.8, 4) is 17.2 Å². The van der Waals surface area contributed by atoms with Gasteiger partial charge in [0.2, 0.25) is 0 Å². The topological polar surface area (TPSA) is 29.5 Å². The first-order valence-corrected chi connectivity index (χ1v) is 5.81. The lowest BCUT2D eigenvalue weighted by Crippen LogP contribution is -1.84. The van der Waals surface area contributed by atoms with Crippen molar-refractivity contribution in [1.82, 2.24) is 0 Å². The van der Waals surface area contributed by atoms with Crippen LogP contribution in [0.1, 0.15) is 0 Å². The Hall–Kier alpha value is -1.09. The molecule has 0 aliphatic heterocycles. The average molecular weight is 290 g/mol. The summed E-state index contributed by atoms with van der Waals surface area (Å²) in [5.41, 5.74) is 0. The molecule has 0 aliphatic carbocycles. The lowest BCUT2D eigenvalue weighted by molar-refractivity contribution is 0.465. The number of phenolic OH excluding ortho intramolecular Hbond substituents is 1. The second kappa shape index (κ2) is 5.05. The van der Waals surface area contributed by atoms with Gasteiger partial charge in [-0.1, -0.05) is 40.9 Å². The number of hydrogen-bond acceptors (Lipinski definition) is 2. The summed E-state index contributed by atoms with van der Waals surface area (Å²) < 4.78 is 5.51. The number of ether oxygens (including phenoxy) is 1. The van der Waals surface area contributed by atoms with E-state index in [0.717, 1.165) is 0 Å². The molecule has 0 atom stereocenters. The van der Waals surface area contributed by atoms with Crippen molar-refractivity contribution in [2.45, 2.75) is 0 Å². The van der Waals surface area contributed by atoms with E-state index < -0.39 is 0 Å². The molecule has 0 bridgehead atoms. The number of hydrogen-bond donors (Lipinski definition) is 1. The molecule has 0 fully saturated rings. The van der Waals surface area contributed by atoms with Gasteiger partial charge < -0.3 is 9.84 Å². The first-order valence-electron chi connectivity index (χ1n) is 4.67. The fourth-order valence-corrected chi connectivity index (χ4v) is 1.92.